The minimum absolute atomic E-state index is 0.00981. The molecule has 2 rings (SSSR count). The number of benzene rings is 1. The highest BCUT2D eigenvalue weighted by Crippen LogP contribution is 2.27. The van der Waals surface area contributed by atoms with E-state index in [9.17, 15) is 19.5 Å². The highest BCUT2D eigenvalue weighted by Gasteiger charge is 2.22. The molecule has 1 heterocycles. The number of nitrogens with zero attached hydrogens (tertiary/aromatic N) is 1. The van der Waals surface area contributed by atoms with Crippen molar-refractivity contribution in [1.29, 1.82) is 0 Å². The lowest BCUT2D eigenvalue weighted by Gasteiger charge is -2.12. The van der Waals surface area contributed by atoms with E-state index in [4.69, 9.17) is 5.11 Å². The Balaban J connectivity index is 1.83. The molecule has 6 nitrogen and oxygen atoms in total. The van der Waals surface area contributed by atoms with E-state index in [1.54, 1.807) is 6.08 Å². The molecule has 6 heteroatoms. The van der Waals surface area contributed by atoms with Crippen LogP contribution in [0.15, 0.2) is 30.3 Å². The molecule has 0 saturated carbocycles. The molecule has 238 valence electrons. The largest absolute Gasteiger partial charge is 0.481 e. The van der Waals surface area contributed by atoms with Crippen LogP contribution >= 0.6 is 0 Å². The molecule has 43 heavy (non-hydrogen) atoms. The first-order valence-corrected chi connectivity index (χ1v) is 16.7. The normalized spacial score (nSPS) is 11.4. The molecule has 0 bridgehead atoms. The monoisotopic (exact) mass is 593 g/mol. The molecule has 1 aromatic heterocycles. The SMILES string of the molecule is CCCCCCCCCCCCCCCCCC(=O)c1c(C)c(CCC(=O)O)n(Cc2ccc(C=CC(=O)O)cc2)c1C. The summed E-state index contributed by atoms with van der Waals surface area (Å²) in [7, 11) is 0. The van der Waals surface area contributed by atoms with Gasteiger partial charge in [0.15, 0.2) is 5.78 Å². The maximum absolute atomic E-state index is 13.4. The van der Waals surface area contributed by atoms with E-state index in [0.717, 1.165) is 52.6 Å². The number of carbonyl (C=O) groups excluding carboxylic acids is 1. The predicted molar refractivity (Wildman–Crippen MR) is 176 cm³/mol. The molecule has 0 aliphatic carbocycles. The zero-order chi connectivity index (χ0) is 31.5. The molecule has 0 unspecified atom stereocenters. The third-order valence-electron chi connectivity index (χ3n) is 8.50. The molecule has 0 aliphatic heterocycles. The Morgan fingerprint density at radius 1 is 0.721 bits per heavy atom. The molecule has 0 radical (unpaired) electrons. The fourth-order valence-electron chi connectivity index (χ4n) is 5.99. The number of aliphatic carboxylic acids is 2. The van der Waals surface area contributed by atoms with Gasteiger partial charge in [0.1, 0.15) is 0 Å². The second kappa shape index (κ2) is 20.7. The van der Waals surface area contributed by atoms with Crippen LogP contribution in [0.2, 0.25) is 0 Å². The Bertz CT molecular complexity index is 1160. The van der Waals surface area contributed by atoms with Crippen molar-refractivity contribution >= 4 is 23.8 Å². The van der Waals surface area contributed by atoms with E-state index in [-0.39, 0.29) is 12.2 Å². The van der Waals surface area contributed by atoms with E-state index in [1.807, 2.05) is 38.1 Å². The Kier molecular flexibility index (Phi) is 17.4. The molecular weight excluding hydrogens is 538 g/mol. The smallest absolute Gasteiger partial charge is 0.328 e. The van der Waals surface area contributed by atoms with Crippen molar-refractivity contribution in [3.05, 3.63) is 64.0 Å². The van der Waals surface area contributed by atoms with E-state index in [1.165, 1.54) is 83.5 Å². The van der Waals surface area contributed by atoms with Gasteiger partial charge in [0.25, 0.3) is 0 Å². The van der Waals surface area contributed by atoms with Gasteiger partial charge in [-0.3, -0.25) is 9.59 Å². The topological polar surface area (TPSA) is 96.6 Å². The number of carboxylic acid groups (broad SMARTS) is 2. The van der Waals surface area contributed by atoms with Gasteiger partial charge in [-0.15, -0.1) is 0 Å². The number of carbonyl (C=O) groups is 3. The Morgan fingerprint density at radius 2 is 1.23 bits per heavy atom. The number of hydrogen-bond acceptors (Lipinski definition) is 3. The number of ketones is 1. The third-order valence-corrected chi connectivity index (χ3v) is 8.50. The lowest BCUT2D eigenvalue weighted by molar-refractivity contribution is -0.137. The highest BCUT2D eigenvalue weighted by atomic mass is 16.4. The van der Waals surface area contributed by atoms with Crippen LogP contribution in [0.3, 0.4) is 0 Å². The van der Waals surface area contributed by atoms with Gasteiger partial charge < -0.3 is 14.8 Å². The predicted octanol–water partition coefficient (Wildman–Crippen LogP) is 9.71. The van der Waals surface area contributed by atoms with Gasteiger partial charge in [0.05, 0.1) is 6.42 Å². The molecule has 2 aromatic rings. The van der Waals surface area contributed by atoms with Gasteiger partial charge >= 0.3 is 11.9 Å². The minimum atomic E-state index is -0.993. The van der Waals surface area contributed by atoms with Crippen molar-refractivity contribution in [2.45, 2.75) is 143 Å². The maximum Gasteiger partial charge on any atom is 0.328 e. The highest BCUT2D eigenvalue weighted by molar-refractivity contribution is 5.99. The summed E-state index contributed by atoms with van der Waals surface area (Å²) in [6, 6.07) is 7.60. The summed E-state index contributed by atoms with van der Waals surface area (Å²) in [5.41, 5.74) is 5.21. The second-order valence-corrected chi connectivity index (χ2v) is 12.0. The number of carboxylic acids is 2. The summed E-state index contributed by atoms with van der Waals surface area (Å²) in [4.78, 5) is 35.5. The van der Waals surface area contributed by atoms with Gasteiger partial charge in [-0.2, -0.15) is 0 Å². The van der Waals surface area contributed by atoms with Crippen LogP contribution in [-0.4, -0.2) is 32.5 Å². The lowest BCUT2D eigenvalue weighted by Crippen LogP contribution is -2.09. The van der Waals surface area contributed by atoms with Crippen LogP contribution in [0.4, 0.5) is 0 Å². The van der Waals surface area contributed by atoms with Crippen LogP contribution in [-0.2, 0) is 22.6 Å². The molecule has 0 fully saturated rings. The molecule has 0 atom stereocenters. The number of Topliss-reactive ketones (excluding diaryl/α,β-unsaturated/α-hetero) is 1. The van der Waals surface area contributed by atoms with Crippen molar-refractivity contribution in [1.82, 2.24) is 4.57 Å². The van der Waals surface area contributed by atoms with Gasteiger partial charge in [0.2, 0.25) is 0 Å². The first kappa shape index (κ1) is 36.0. The molecule has 0 saturated heterocycles. The summed E-state index contributed by atoms with van der Waals surface area (Å²) in [5, 5.41) is 18.2. The molecule has 0 spiro atoms. The standard InChI is InChI=1S/C37H55NO5/c1-4-5-6-7-8-9-10-11-12-13-14-15-16-17-18-19-34(39)37-29(2)33(25-27-36(42)43)38(30(37)3)28-32-22-20-31(21-23-32)24-26-35(40)41/h20-24,26H,4-19,25,27-28H2,1-3H3,(H,40,41)(H,42,43). The van der Waals surface area contributed by atoms with E-state index >= 15 is 0 Å². The molecule has 2 N–H and O–H groups in total. The second-order valence-electron chi connectivity index (χ2n) is 12.0. The van der Waals surface area contributed by atoms with Crippen LogP contribution in [0.25, 0.3) is 6.08 Å². The summed E-state index contributed by atoms with van der Waals surface area (Å²) in [6.45, 7) is 6.69. The van der Waals surface area contributed by atoms with E-state index < -0.39 is 11.9 Å². The van der Waals surface area contributed by atoms with Crippen molar-refractivity contribution in [3.63, 3.8) is 0 Å². The van der Waals surface area contributed by atoms with E-state index in [0.29, 0.717) is 19.4 Å². The first-order chi connectivity index (χ1) is 20.7. The number of unbranched alkanes of at least 4 members (excludes halogenated alkanes) is 14. The Hall–Kier alpha value is -3.15. The number of aromatic nitrogens is 1. The van der Waals surface area contributed by atoms with Gasteiger partial charge in [-0.05, 0) is 49.5 Å². The summed E-state index contributed by atoms with van der Waals surface area (Å²) >= 11 is 0. The molecule has 0 amide bonds. The van der Waals surface area contributed by atoms with Crippen molar-refractivity contribution in [2.75, 3.05) is 0 Å². The van der Waals surface area contributed by atoms with E-state index in [2.05, 4.69) is 11.5 Å². The summed E-state index contributed by atoms with van der Waals surface area (Å²) in [5.74, 6) is -1.70. The number of rotatable bonds is 24. The quantitative estimate of drug-likeness (QED) is 0.0717. The molecular formula is C37H55NO5. The van der Waals surface area contributed by atoms with Crippen molar-refractivity contribution in [2.24, 2.45) is 0 Å². The summed E-state index contributed by atoms with van der Waals surface area (Å²) in [6.07, 6.45) is 22.9. The Morgan fingerprint density at radius 3 is 1.72 bits per heavy atom. The third kappa shape index (κ3) is 13.8. The average Bonchev–Trinajstić information content (AvgIpc) is 3.21. The van der Waals surface area contributed by atoms with Crippen molar-refractivity contribution in [3.8, 4) is 0 Å². The molecule has 1 aromatic carbocycles. The maximum atomic E-state index is 13.4. The van der Waals surface area contributed by atoms with Gasteiger partial charge in [0, 0.05) is 36.0 Å². The van der Waals surface area contributed by atoms with Crippen LogP contribution in [0.5, 0.6) is 0 Å². The molecule has 0 aliphatic rings. The van der Waals surface area contributed by atoms with Crippen LogP contribution in [0.1, 0.15) is 155 Å². The minimum Gasteiger partial charge on any atom is -0.481 e. The van der Waals surface area contributed by atoms with Gasteiger partial charge in [-0.25, -0.2) is 4.79 Å². The van der Waals surface area contributed by atoms with Gasteiger partial charge in [-0.1, -0.05) is 121 Å². The first-order valence-electron chi connectivity index (χ1n) is 16.7. The van der Waals surface area contributed by atoms with Crippen molar-refractivity contribution < 1.29 is 24.6 Å². The van der Waals surface area contributed by atoms with Crippen LogP contribution < -0.4 is 0 Å². The fraction of sp³-hybridized carbons (Fsp3) is 0.595. The zero-order valence-electron chi connectivity index (χ0n) is 27.0. The number of hydrogen-bond donors (Lipinski definition) is 2. The lowest BCUT2D eigenvalue weighted by atomic mass is 9.99. The zero-order valence-corrected chi connectivity index (χ0v) is 27.0. The summed E-state index contributed by atoms with van der Waals surface area (Å²) < 4.78 is 2.08. The fourth-order valence-corrected chi connectivity index (χ4v) is 5.99. The Labute approximate surface area is 259 Å². The van der Waals surface area contributed by atoms with Crippen LogP contribution in [0, 0.1) is 13.8 Å². The average molecular weight is 594 g/mol.